The standard InChI is InChI=1S/C13H9BrFNO2/c1-18-9-5-8(6-16-7-9)13(17)10-3-2-4-11(14)12(10)15/h2-7H,1H3. The number of hydrogen-bond acceptors (Lipinski definition) is 3. The number of methoxy groups -OCH3 is 1. The molecule has 92 valence electrons. The van der Waals surface area contributed by atoms with E-state index in [1.807, 2.05) is 0 Å². The van der Waals surface area contributed by atoms with Crippen LogP contribution in [0.3, 0.4) is 0 Å². The topological polar surface area (TPSA) is 39.2 Å². The summed E-state index contributed by atoms with van der Waals surface area (Å²) in [5, 5.41) is 0. The van der Waals surface area contributed by atoms with Gasteiger partial charge in [0.2, 0.25) is 0 Å². The zero-order chi connectivity index (χ0) is 13.1. The molecule has 0 saturated carbocycles. The maximum absolute atomic E-state index is 13.8. The van der Waals surface area contributed by atoms with Crippen molar-refractivity contribution in [2.75, 3.05) is 7.11 Å². The monoisotopic (exact) mass is 309 g/mol. The van der Waals surface area contributed by atoms with Gasteiger partial charge in [-0.15, -0.1) is 0 Å². The molecule has 0 saturated heterocycles. The van der Waals surface area contributed by atoms with Crippen LogP contribution in [0.5, 0.6) is 5.75 Å². The van der Waals surface area contributed by atoms with E-state index in [9.17, 15) is 9.18 Å². The molecule has 0 atom stereocenters. The molecule has 1 aromatic carbocycles. The number of carbonyl (C=O) groups is 1. The normalized spacial score (nSPS) is 10.2. The minimum absolute atomic E-state index is 0.000530. The summed E-state index contributed by atoms with van der Waals surface area (Å²) in [6.45, 7) is 0. The van der Waals surface area contributed by atoms with Crippen molar-refractivity contribution >= 4 is 21.7 Å². The van der Waals surface area contributed by atoms with Crippen molar-refractivity contribution in [3.8, 4) is 5.75 Å². The fourth-order valence-corrected chi connectivity index (χ4v) is 1.86. The van der Waals surface area contributed by atoms with Crippen molar-refractivity contribution in [2.24, 2.45) is 0 Å². The van der Waals surface area contributed by atoms with Crippen LogP contribution in [-0.4, -0.2) is 17.9 Å². The van der Waals surface area contributed by atoms with Gasteiger partial charge in [-0.3, -0.25) is 9.78 Å². The maximum atomic E-state index is 13.8. The Balaban J connectivity index is 2.44. The Hall–Kier alpha value is -1.75. The van der Waals surface area contributed by atoms with Crippen LogP contribution in [-0.2, 0) is 0 Å². The first-order chi connectivity index (χ1) is 8.63. The first kappa shape index (κ1) is 12.7. The minimum atomic E-state index is -0.578. The molecule has 0 fully saturated rings. The van der Waals surface area contributed by atoms with E-state index < -0.39 is 11.6 Å². The highest BCUT2D eigenvalue weighted by Gasteiger charge is 2.16. The molecule has 0 aliphatic heterocycles. The van der Waals surface area contributed by atoms with Crippen LogP contribution in [0.25, 0.3) is 0 Å². The van der Waals surface area contributed by atoms with Gasteiger partial charge in [-0.05, 0) is 34.1 Å². The second-order valence-electron chi connectivity index (χ2n) is 3.54. The highest BCUT2D eigenvalue weighted by Crippen LogP contribution is 2.22. The summed E-state index contributed by atoms with van der Waals surface area (Å²) in [4.78, 5) is 16.0. The summed E-state index contributed by atoms with van der Waals surface area (Å²) in [5.41, 5.74) is 0.283. The van der Waals surface area contributed by atoms with E-state index in [0.717, 1.165) is 0 Å². The number of hydrogen-bond donors (Lipinski definition) is 0. The van der Waals surface area contributed by atoms with Crippen molar-refractivity contribution in [1.29, 1.82) is 0 Å². The van der Waals surface area contributed by atoms with Crippen LogP contribution in [0.2, 0.25) is 0 Å². The number of aromatic nitrogens is 1. The quantitative estimate of drug-likeness (QED) is 0.817. The zero-order valence-corrected chi connectivity index (χ0v) is 11.1. The van der Waals surface area contributed by atoms with Gasteiger partial charge in [0.15, 0.2) is 5.78 Å². The second-order valence-corrected chi connectivity index (χ2v) is 4.40. The molecule has 0 amide bonds. The molecule has 5 heteroatoms. The average Bonchev–Trinajstić information content (AvgIpc) is 2.41. The molecule has 1 heterocycles. The van der Waals surface area contributed by atoms with E-state index in [2.05, 4.69) is 20.9 Å². The zero-order valence-electron chi connectivity index (χ0n) is 9.48. The molecule has 0 unspecified atom stereocenters. The Kier molecular flexibility index (Phi) is 3.72. The Morgan fingerprint density at radius 3 is 2.89 bits per heavy atom. The van der Waals surface area contributed by atoms with Crippen LogP contribution >= 0.6 is 15.9 Å². The first-order valence-electron chi connectivity index (χ1n) is 5.11. The van der Waals surface area contributed by atoms with E-state index in [1.54, 1.807) is 6.07 Å². The van der Waals surface area contributed by atoms with Gasteiger partial charge in [0.1, 0.15) is 11.6 Å². The van der Waals surface area contributed by atoms with Crippen molar-refractivity contribution < 1.29 is 13.9 Å². The predicted octanol–water partition coefficient (Wildman–Crippen LogP) is 3.22. The Morgan fingerprint density at radius 1 is 1.39 bits per heavy atom. The van der Waals surface area contributed by atoms with E-state index >= 15 is 0 Å². The number of carbonyl (C=O) groups excluding carboxylic acids is 1. The van der Waals surface area contributed by atoms with Gasteiger partial charge in [0.05, 0.1) is 23.3 Å². The lowest BCUT2D eigenvalue weighted by atomic mass is 10.0. The Bertz CT molecular complexity index is 601. The maximum Gasteiger partial charge on any atom is 0.197 e. The third kappa shape index (κ3) is 2.41. The largest absolute Gasteiger partial charge is 0.495 e. The molecule has 0 bridgehead atoms. The molecule has 2 aromatic rings. The van der Waals surface area contributed by atoms with E-state index in [-0.39, 0.29) is 15.6 Å². The Morgan fingerprint density at radius 2 is 2.17 bits per heavy atom. The van der Waals surface area contributed by atoms with Crippen LogP contribution in [0, 0.1) is 5.82 Å². The molecule has 3 nitrogen and oxygen atoms in total. The summed E-state index contributed by atoms with van der Waals surface area (Å²) >= 11 is 3.05. The summed E-state index contributed by atoms with van der Waals surface area (Å²) in [5.74, 6) is -0.554. The molecule has 0 radical (unpaired) electrons. The van der Waals surface area contributed by atoms with E-state index in [0.29, 0.717) is 5.75 Å². The van der Waals surface area contributed by atoms with Crippen molar-refractivity contribution in [2.45, 2.75) is 0 Å². The van der Waals surface area contributed by atoms with Crippen LogP contribution in [0.1, 0.15) is 15.9 Å². The second kappa shape index (κ2) is 5.27. The summed E-state index contributed by atoms with van der Waals surface area (Å²) in [6.07, 6.45) is 2.86. The van der Waals surface area contributed by atoms with Crippen molar-refractivity contribution in [3.63, 3.8) is 0 Å². The van der Waals surface area contributed by atoms with Gasteiger partial charge >= 0.3 is 0 Å². The molecule has 0 aliphatic carbocycles. The third-order valence-corrected chi connectivity index (χ3v) is 3.02. The lowest BCUT2D eigenvalue weighted by Crippen LogP contribution is -2.05. The summed E-state index contributed by atoms with van der Waals surface area (Å²) < 4.78 is 19.0. The van der Waals surface area contributed by atoms with Gasteiger partial charge in [-0.2, -0.15) is 0 Å². The molecule has 0 N–H and O–H groups in total. The van der Waals surface area contributed by atoms with Gasteiger partial charge in [-0.25, -0.2) is 4.39 Å². The number of pyridine rings is 1. The number of ether oxygens (including phenoxy) is 1. The van der Waals surface area contributed by atoms with Gasteiger partial charge in [0, 0.05) is 11.8 Å². The molecule has 1 aromatic heterocycles. The summed E-state index contributed by atoms with van der Waals surface area (Å²) in [6, 6.07) is 6.10. The van der Waals surface area contributed by atoms with E-state index in [4.69, 9.17) is 4.74 Å². The smallest absolute Gasteiger partial charge is 0.197 e. The number of benzene rings is 1. The Labute approximate surface area is 112 Å². The number of nitrogens with zero attached hydrogens (tertiary/aromatic N) is 1. The van der Waals surface area contributed by atoms with Crippen LogP contribution < -0.4 is 4.74 Å². The minimum Gasteiger partial charge on any atom is -0.495 e. The fraction of sp³-hybridized carbons (Fsp3) is 0.0769. The number of halogens is 2. The SMILES string of the molecule is COc1cncc(C(=O)c2cccc(Br)c2F)c1. The van der Waals surface area contributed by atoms with E-state index in [1.165, 1.54) is 37.7 Å². The lowest BCUT2D eigenvalue weighted by Gasteiger charge is -2.05. The molecule has 2 rings (SSSR count). The molecular formula is C13H9BrFNO2. The summed E-state index contributed by atoms with van der Waals surface area (Å²) in [7, 11) is 1.48. The van der Waals surface area contributed by atoms with Gasteiger partial charge in [0.25, 0.3) is 0 Å². The van der Waals surface area contributed by atoms with Crippen LogP contribution in [0.4, 0.5) is 4.39 Å². The van der Waals surface area contributed by atoms with Crippen molar-refractivity contribution in [3.05, 3.63) is 58.1 Å². The highest BCUT2D eigenvalue weighted by molar-refractivity contribution is 9.10. The number of rotatable bonds is 3. The predicted molar refractivity (Wildman–Crippen MR) is 68.3 cm³/mol. The van der Waals surface area contributed by atoms with Gasteiger partial charge < -0.3 is 4.74 Å². The molecule has 0 aliphatic rings. The number of ketones is 1. The lowest BCUT2D eigenvalue weighted by molar-refractivity contribution is 0.103. The molecule has 18 heavy (non-hydrogen) atoms. The van der Waals surface area contributed by atoms with Gasteiger partial charge in [-0.1, -0.05) is 6.07 Å². The highest BCUT2D eigenvalue weighted by atomic mass is 79.9. The fourth-order valence-electron chi connectivity index (χ4n) is 1.49. The van der Waals surface area contributed by atoms with Crippen LogP contribution in [0.15, 0.2) is 41.1 Å². The third-order valence-electron chi connectivity index (χ3n) is 2.41. The van der Waals surface area contributed by atoms with Crippen molar-refractivity contribution in [1.82, 2.24) is 4.98 Å². The molecular weight excluding hydrogens is 301 g/mol. The first-order valence-corrected chi connectivity index (χ1v) is 5.90. The molecule has 0 spiro atoms. The average molecular weight is 310 g/mol.